The van der Waals surface area contributed by atoms with E-state index in [1.807, 2.05) is 0 Å². The minimum Gasteiger partial charge on any atom is -0.494 e. The Labute approximate surface area is 70.0 Å². The van der Waals surface area contributed by atoms with E-state index in [2.05, 4.69) is 14.7 Å². The van der Waals surface area contributed by atoms with Crippen LogP contribution in [-0.2, 0) is 4.74 Å². The molecule has 1 atom stereocenters. The summed E-state index contributed by atoms with van der Waals surface area (Å²) in [5.74, 6) is 0.764. The van der Waals surface area contributed by atoms with E-state index in [4.69, 9.17) is 9.84 Å². The molecule has 0 aliphatic rings. The zero-order chi connectivity index (χ0) is 8.97. The number of nitrogens with zero attached hydrogens (tertiary/aromatic N) is 2. The van der Waals surface area contributed by atoms with Gasteiger partial charge in [-0.05, 0) is 0 Å². The molecule has 0 fully saturated rings. The molecule has 0 aliphatic carbocycles. The van der Waals surface area contributed by atoms with Crippen molar-refractivity contribution in [3.05, 3.63) is 18.2 Å². The minimum atomic E-state index is -1.07. The maximum absolute atomic E-state index is 9.10. The third-order valence-corrected chi connectivity index (χ3v) is 1.33. The molecule has 0 saturated carbocycles. The van der Waals surface area contributed by atoms with Crippen LogP contribution >= 0.6 is 0 Å². The number of hydrogen-bond donors (Lipinski definition) is 1. The molecule has 1 aromatic rings. The van der Waals surface area contributed by atoms with E-state index < -0.39 is 6.29 Å². The van der Waals surface area contributed by atoms with Gasteiger partial charge in [0, 0.05) is 7.11 Å². The van der Waals surface area contributed by atoms with Crippen LogP contribution in [-0.4, -0.2) is 29.3 Å². The minimum absolute atomic E-state index is 0.221. The fourth-order valence-electron chi connectivity index (χ4n) is 0.665. The Morgan fingerprint density at radius 1 is 1.33 bits per heavy atom. The van der Waals surface area contributed by atoms with Crippen LogP contribution in [0.15, 0.2) is 12.4 Å². The van der Waals surface area contributed by atoms with Gasteiger partial charge < -0.3 is 14.6 Å². The second-order valence-electron chi connectivity index (χ2n) is 2.07. The lowest BCUT2D eigenvalue weighted by Gasteiger charge is -2.06. The summed E-state index contributed by atoms with van der Waals surface area (Å²) in [4.78, 5) is 7.62. The van der Waals surface area contributed by atoms with E-state index in [9.17, 15) is 0 Å². The predicted molar refractivity (Wildman–Crippen MR) is 40.6 cm³/mol. The molecule has 0 radical (unpaired) electrons. The van der Waals surface area contributed by atoms with Crippen molar-refractivity contribution in [1.29, 1.82) is 0 Å². The number of ether oxygens (including phenoxy) is 2. The molecule has 0 amide bonds. The van der Waals surface area contributed by atoms with Crippen molar-refractivity contribution >= 4 is 0 Å². The third-order valence-electron chi connectivity index (χ3n) is 1.33. The van der Waals surface area contributed by atoms with Gasteiger partial charge in [0.1, 0.15) is 0 Å². The molecule has 12 heavy (non-hydrogen) atoms. The zero-order valence-electron chi connectivity index (χ0n) is 6.89. The molecule has 66 valence electrons. The molecule has 5 heteroatoms. The first kappa shape index (κ1) is 8.89. The molecule has 0 aromatic carbocycles. The average molecular weight is 170 g/mol. The van der Waals surface area contributed by atoms with Crippen LogP contribution in [0.3, 0.4) is 0 Å². The zero-order valence-corrected chi connectivity index (χ0v) is 6.89. The van der Waals surface area contributed by atoms with Gasteiger partial charge in [-0.2, -0.15) is 0 Å². The van der Waals surface area contributed by atoms with E-state index in [-0.39, 0.29) is 5.82 Å². The SMILES string of the molecule is COc1cnc(C(O)OC)nc1. The first-order valence-corrected chi connectivity index (χ1v) is 3.34. The second kappa shape index (κ2) is 3.99. The normalized spacial score (nSPS) is 12.6. The van der Waals surface area contributed by atoms with Crippen LogP contribution < -0.4 is 4.74 Å². The predicted octanol–water partition coefficient (Wildman–Crippen LogP) is 0.122. The van der Waals surface area contributed by atoms with Crippen molar-refractivity contribution in [2.24, 2.45) is 0 Å². The van der Waals surface area contributed by atoms with E-state index in [1.165, 1.54) is 26.6 Å². The largest absolute Gasteiger partial charge is 0.494 e. The Balaban J connectivity index is 2.77. The smallest absolute Gasteiger partial charge is 0.216 e. The van der Waals surface area contributed by atoms with Gasteiger partial charge in [-0.3, -0.25) is 0 Å². The third kappa shape index (κ3) is 1.90. The summed E-state index contributed by atoms with van der Waals surface area (Å²) in [6.07, 6.45) is 1.85. The van der Waals surface area contributed by atoms with E-state index >= 15 is 0 Å². The highest BCUT2D eigenvalue weighted by atomic mass is 16.6. The molecule has 0 bridgehead atoms. The fraction of sp³-hybridized carbons (Fsp3) is 0.429. The van der Waals surface area contributed by atoms with Gasteiger partial charge in [-0.15, -0.1) is 0 Å². The molecule has 1 unspecified atom stereocenters. The fourth-order valence-corrected chi connectivity index (χ4v) is 0.665. The average Bonchev–Trinajstić information content (AvgIpc) is 2.17. The van der Waals surface area contributed by atoms with Crippen molar-refractivity contribution in [2.75, 3.05) is 14.2 Å². The van der Waals surface area contributed by atoms with Crippen LogP contribution in [0, 0.1) is 0 Å². The molecular weight excluding hydrogens is 160 g/mol. The Hall–Kier alpha value is -1.20. The highest BCUT2D eigenvalue weighted by Crippen LogP contribution is 2.10. The van der Waals surface area contributed by atoms with Gasteiger partial charge in [0.2, 0.25) is 6.29 Å². The molecule has 1 heterocycles. The summed E-state index contributed by atoms with van der Waals surface area (Å²) in [7, 11) is 2.89. The quantitative estimate of drug-likeness (QED) is 0.653. The van der Waals surface area contributed by atoms with Crippen LogP contribution in [0.25, 0.3) is 0 Å². The summed E-state index contributed by atoms with van der Waals surface area (Å²) in [6.45, 7) is 0. The Bertz CT molecular complexity index is 237. The molecule has 0 aliphatic heterocycles. The molecule has 5 nitrogen and oxygen atoms in total. The summed E-state index contributed by atoms with van der Waals surface area (Å²) >= 11 is 0. The summed E-state index contributed by atoms with van der Waals surface area (Å²) in [5.41, 5.74) is 0. The Morgan fingerprint density at radius 2 is 1.92 bits per heavy atom. The van der Waals surface area contributed by atoms with Crippen molar-refractivity contribution < 1.29 is 14.6 Å². The lowest BCUT2D eigenvalue weighted by atomic mass is 10.5. The highest BCUT2D eigenvalue weighted by Gasteiger charge is 2.07. The number of aromatic nitrogens is 2. The maximum Gasteiger partial charge on any atom is 0.216 e. The summed E-state index contributed by atoms with van der Waals surface area (Å²) < 4.78 is 9.43. The van der Waals surface area contributed by atoms with Crippen molar-refractivity contribution in [3.63, 3.8) is 0 Å². The summed E-state index contributed by atoms with van der Waals surface area (Å²) in [5, 5.41) is 9.10. The number of methoxy groups -OCH3 is 2. The first-order chi connectivity index (χ1) is 5.77. The monoisotopic (exact) mass is 170 g/mol. The summed E-state index contributed by atoms with van der Waals surface area (Å²) in [6, 6.07) is 0. The van der Waals surface area contributed by atoms with Crippen LogP contribution in [0.2, 0.25) is 0 Å². The van der Waals surface area contributed by atoms with Gasteiger partial charge >= 0.3 is 0 Å². The number of aliphatic hydroxyl groups excluding tert-OH is 1. The molecule has 0 spiro atoms. The van der Waals surface area contributed by atoms with Crippen LogP contribution in [0.4, 0.5) is 0 Å². The molecule has 1 aromatic heterocycles. The second-order valence-corrected chi connectivity index (χ2v) is 2.07. The standard InChI is InChI=1S/C7H10N2O3/c1-11-5-3-8-6(9-4-5)7(10)12-2/h3-4,7,10H,1-2H3. The van der Waals surface area contributed by atoms with E-state index in [0.29, 0.717) is 5.75 Å². The van der Waals surface area contributed by atoms with Gasteiger partial charge in [-0.25, -0.2) is 9.97 Å². The van der Waals surface area contributed by atoms with Crippen molar-refractivity contribution in [2.45, 2.75) is 6.29 Å². The number of aliphatic hydroxyl groups is 1. The van der Waals surface area contributed by atoms with Crippen molar-refractivity contribution in [1.82, 2.24) is 9.97 Å². The number of rotatable bonds is 3. The first-order valence-electron chi connectivity index (χ1n) is 3.34. The number of hydrogen-bond acceptors (Lipinski definition) is 5. The molecule has 0 saturated heterocycles. The van der Waals surface area contributed by atoms with Crippen molar-refractivity contribution in [3.8, 4) is 5.75 Å². The van der Waals surface area contributed by atoms with E-state index in [0.717, 1.165) is 0 Å². The van der Waals surface area contributed by atoms with E-state index in [1.54, 1.807) is 0 Å². The lowest BCUT2D eigenvalue weighted by Crippen LogP contribution is -2.04. The lowest BCUT2D eigenvalue weighted by molar-refractivity contribution is -0.0830. The van der Waals surface area contributed by atoms with Gasteiger partial charge in [0.15, 0.2) is 11.6 Å². The molecular formula is C7H10N2O3. The molecule has 1 N–H and O–H groups in total. The Morgan fingerprint density at radius 3 is 2.33 bits per heavy atom. The topological polar surface area (TPSA) is 64.5 Å². The van der Waals surface area contributed by atoms with Gasteiger partial charge in [-0.1, -0.05) is 0 Å². The van der Waals surface area contributed by atoms with Crippen LogP contribution in [0.1, 0.15) is 12.1 Å². The van der Waals surface area contributed by atoms with Gasteiger partial charge in [0.05, 0.1) is 19.5 Å². The van der Waals surface area contributed by atoms with Crippen LogP contribution in [0.5, 0.6) is 5.75 Å². The van der Waals surface area contributed by atoms with Gasteiger partial charge in [0.25, 0.3) is 0 Å². The highest BCUT2D eigenvalue weighted by molar-refractivity contribution is 5.12. The Kier molecular flexibility index (Phi) is 2.95. The molecule has 1 rings (SSSR count). The maximum atomic E-state index is 9.10.